The minimum Gasteiger partial charge on any atom is -0.268 e. The lowest BCUT2D eigenvalue weighted by Gasteiger charge is -2.10. The molecule has 0 atom stereocenters. The first-order valence-corrected chi connectivity index (χ1v) is 6.46. The van der Waals surface area contributed by atoms with Crippen molar-refractivity contribution >= 4 is 34.5 Å². The number of benzene rings is 1. The van der Waals surface area contributed by atoms with E-state index in [0.29, 0.717) is 27.6 Å². The average molecular weight is 288 g/mol. The zero-order chi connectivity index (χ0) is 14.7. The molecule has 0 saturated heterocycles. The Kier molecular flexibility index (Phi) is 4.15. The maximum absolute atomic E-state index is 12.5. The van der Waals surface area contributed by atoms with Crippen molar-refractivity contribution in [1.29, 1.82) is 0 Å². The first kappa shape index (κ1) is 14.2. The summed E-state index contributed by atoms with van der Waals surface area (Å²) in [5, 5.41) is 0.751. The van der Waals surface area contributed by atoms with Crippen molar-refractivity contribution in [3.05, 3.63) is 58.1 Å². The lowest BCUT2D eigenvalue weighted by Crippen LogP contribution is -2.22. The molecule has 1 aromatic heterocycles. The largest absolute Gasteiger partial charge is 0.268 e. The van der Waals surface area contributed by atoms with Gasteiger partial charge in [0.15, 0.2) is 0 Å². The van der Waals surface area contributed by atoms with Crippen LogP contribution in [0.2, 0.25) is 5.02 Å². The molecule has 2 rings (SSSR count). The molecule has 1 heterocycles. The Bertz CT molecular complexity index is 788. The molecule has 4 nitrogen and oxygen atoms in total. The summed E-state index contributed by atoms with van der Waals surface area (Å²) in [5.41, 5.74) is 0.308. The van der Waals surface area contributed by atoms with Crippen LogP contribution in [-0.2, 0) is 0 Å². The highest BCUT2D eigenvalue weighted by molar-refractivity contribution is 6.35. The number of aromatic nitrogens is 2. The van der Waals surface area contributed by atoms with Crippen molar-refractivity contribution in [2.45, 2.75) is 13.8 Å². The summed E-state index contributed by atoms with van der Waals surface area (Å²) in [6, 6.07) is 5.18. The Balaban J connectivity index is 2.69. The molecule has 0 spiro atoms. The van der Waals surface area contributed by atoms with Gasteiger partial charge < -0.3 is 0 Å². The van der Waals surface area contributed by atoms with E-state index in [0.717, 1.165) is 0 Å². The predicted octanol–water partition coefficient (Wildman–Crippen LogP) is 3.43. The van der Waals surface area contributed by atoms with Crippen LogP contribution < -0.4 is 5.56 Å². The quantitative estimate of drug-likeness (QED) is 0.812. The fourth-order valence-corrected chi connectivity index (χ4v) is 2.13. The Morgan fingerprint density at radius 3 is 2.95 bits per heavy atom. The predicted molar refractivity (Wildman–Crippen MR) is 84.4 cm³/mol. The maximum Gasteiger partial charge on any atom is 0.268 e. The third-order valence-electron chi connectivity index (χ3n) is 2.77. The summed E-state index contributed by atoms with van der Waals surface area (Å²) in [6.07, 6.45) is 5.17. The van der Waals surface area contributed by atoms with Crippen LogP contribution in [0.15, 0.2) is 46.7 Å². The molecule has 1 aromatic carbocycles. The van der Waals surface area contributed by atoms with Gasteiger partial charge >= 0.3 is 0 Å². The monoisotopic (exact) mass is 287 g/mol. The zero-order valence-electron chi connectivity index (χ0n) is 11.3. The number of aryl methyl sites for hydroxylation is 1. The smallest absolute Gasteiger partial charge is 0.268 e. The fourth-order valence-electron chi connectivity index (χ4n) is 1.88. The summed E-state index contributed by atoms with van der Waals surface area (Å²) in [4.78, 5) is 21.0. The normalized spacial score (nSPS) is 11.8. The van der Waals surface area contributed by atoms with Gasteiger partial charge in [0.2, 0.25) is 0 Å². The summed E-state index contributed by atoms with van der Waals surface area (Å²) >= 11 is 6.09. The minimum absolute atomic E-state index is 0.263. The van der Waals surface area contributed by atoms with Crippen molar-refractivity contribution in [2.24, 2.45) is 4.99 Å². The van der Waals surface area contributed by atoms with E-state index in [1.165, 1.54) is 4.57 Å². The summed E-state index contributed by atoms with van der Waals surface area (Å²) in [5.74, 6) is 0.826. The standard InChI is InChI=1S/C15H14ClN3O/c1-4-5-9-17-10(2)19-11(3)18-13-8-6-7-12(16)14(13)15(19)20/h4-9H,2H2,1,3H3/b5-4-,17-9-. The van der Waals surface area contributed by atoms with Crippen LogP contribution in [0.25, 0.3) is 16.7 Å². The van der Waals surface area contributed by atoms with E-state index in [1.807, 2.05) is 13.0 Å². The molecule has 102 valence electrons. The summed E-state index contributed by atoms with van der Waals surface area (Å²) in [6.45, 7) is 7.42. The first-order valence-electron chi connectivity index (χ1n) is 6.08. The van der Waals surface area contributed by atoms with E-state index in [4.69, 9.17) is 11.6 Å². The lowest BCUT2D eigenvalue weighted by atomic mass is 10.2. The average Bonchev–Trinajstić information content (AvgIpc) is 2.38. The van der Waals surface area contributed by atoms with E-state index in [-0.39, 0.29) is 5.56 Å². The number of nitrogens with zero attached hydrogens (tertiary/aromatic N) is 3. The van der Waals surface area contributed by atoms with Crippen LogP contribution >= 0.6 is 11.6 Å². The molecule has 0 aliphatic rings. The molecule has 0 aliphatic heterocycles. The maximum atomic E-state index is 12.5. The molecule has 0 saturated carbocycles. The minimum atomic E-state index is -0.263. The second-order valence-electron chi connectivity index (χ2n) is 4.15. The summed E-state index contributed by atoms with van der Waals surface area (Å²) < 4.78 is 1.36. The molecule has 2 aromatic rings. The van der Waals surface area contributed by atoms with Gasteiger partial charge in [-0.1, -0.05) is 30.3 Å². The van der Waals surface area contributed by atoms with Gasteiger partial charge in [-0.2, -0.15) is 0 Å². The van der Waals surface area contributed by atoms with Gasteiger partial charge in [-0.25, -0.2) is 14.5 Å². The molecule has 5 heteroatoms. The zero-order valence-corrected chi connectivity index (χ0v) is 12.1. The summed E-state index contributed by atoms with van der Waals surface area (Å²) in [7, 11) is 0. The Hall–Kier alpha value is -2.20. The van der Waals surface area contributed by atoms with Gasteiger partial charge in [0, 0.05) is 6.21 Å². The number of rotatable bonds is 3. The third kappa shape index (κ3) is 2.56. The van der Waals surface area contributed by atoms with Crippen molar-refractivity contribution in [3.8, 4) is 0 Å². The van der Waals surface area contributed by atoms with E-state index >= 15 is 0 Å². The fraction of sp³-hybridized carbons (Fsp3) is 0.133. The Morgan fingerprint density at radius 2 is 2.25 bits per heavy atom. The molecular formula is C15H14ClN3O. The second kappa shape index (κ2) is 5.84. The van der Waals surface area contributed by atoms with E-state index < -0.39 is 0 Å². The first-order chi connectivity index (χ1) is 9.56. The van der Waals surface area contributed by atoms with E-state index in [1.54, 1.807) is 37.4 Å². The number of allylic oxidation sites excluding steroid dienone is 2. The van der Waals surface area contributed by atoms with Crippen LogP contribution in [0.5, 0.6) is 0 Å². The number of hydrogen-bond acceptors (Lipinski definition) is 3. The molecule has 0 fully saturated rings. The number of fused-ring (bicyclic) bond motifs is 1. The van der Waals surface area contributed by atoms with Crippen LogP contribution in [0.3, 0.4) is 0 Å². The van der Waals surface area contributed by atoms with Gasteiger partial charge in [0.05, 0.1) is 15.9 Å². The number of halogens is 1. The van der Waals surface area contributed by atoms with Gasteiger partial charge in [-0.3, -0.25) is 4.79 Å². The molecule has 0 unspecified atom stereocenters. The van der Waals surface area contributed by atoms with E-state index in [2.05, 4.69) is 16.6 Å². The van der Waals surface area contributed by atoms with Crippen molar-refractivity contribution in [2.75, 3.05) is 0 Å². The van der Waals surface area contributed by atoms with E-state index in [9.17, 15) is 4.79 Å². The van der Waals surface area contributed by atoms with Crippen molar-refractivity contribution in [1.82, 2.24) is 9.55 Å². The number of aliphatic imine (C=N–C) groups is 1. The highest BCUT2D eigenvalue weighted by Gasteiger charge is 2.12. The third-order valence-corrected chi connectivity index (χ3v) is 3.09. The molecule has 0 amide bonds. The molecular weight excluding hydrogens is 274 g/mol. The molecule has 20 heavy (non-hydrogen) atoms. The molecule has 0 bridgehead atoms. The van der Waals surface area contributed by atoms with Crippen LogP contribution in [-0.4, -0.2) is 15.8 Å². The van der Waals surface area contributed by atoms with Gasteiger partial charge in [0.1, 0.15) is 11.6 Å². The number of hydrogen-bond donors (Lipinski definition) is 0. The van der Waals surface area contributed by atoms with Gasteiger partial charge in [-0.15, -0.1) is 0 Å². The van der Waals surface area contributed by atoms with Crippen molar-refractivity contribution < 1.29 is 0 Å². The lowest BCUT2D eigenvalue weighted by molar-refractivity contribution is 0.904. The Labute approximate surface area is 121 Å². The topological polar surface area (TPSA) is 47.2 Å². The SMILES string of the molecule is C=C(/N=C\C=C/C)n1c(C)nc2cccc(Cl)c2c1=O. The second-order valence-corrected chi connectivity index (χ2v) is 4.56. The Morgan fingerprint density at radius 1 is 1.50 bits per heavy atom. The van der Waals surface area contributed by atoms with Crippen molar-refractivity contribution in [3.63, 3.8) is 0 Å². The molecule has 0 N–H and O–H groups in total. The van der Waals surface area contributed by atoms with Crippen LogP contribution in [0, 0.1) is 6.92 Å². The van der Waals surface area contributed by atoms with Crippen LogP contribution in [0.4, 0.5) is 0 Å². The highest BCUT2D eigenvalue weighted by atomic mass is 35.5. The van der Waals surface area contributed by atoms with Gasteiger partial charge in [0.25, 0.3) is 5.56 Å². The molecule has 0 radical (unpaired) electrons. The van der Waals surface area contributed by atoms with Gasteiger partial charge in [-0.05, 0) is 32.1 Å². The molecule has 0 aliphatic carbocycles. The van der Waals surface area contributed by atoms with Crippen LogP contribution in [0.1, 0.15) is 12.7 Å². The highest BCUT2D eigenvalue weighted by Crippen LogP contribution is 2.19.